The molecule has 0 aliphatic rings. The third kappa shape index (κ3) is 4.82. The van der Waals surface area contributed by atoms with Gasteiger partial charge in [0.25, 0.3) is 0 Å². The number of hydrogen-bond donors (Lipinski definition) is 1. The normalized spacial score (nSPS) is 9.96. The molecule has 0 fully saturated rings. The van der Waals surface area contributed by atoms with Crippen LogP contribution in [-0.4, -0.2) is 53.9 Å². The zero-order chi connectivity index (χ0) is 15.4. The number of esters is 1. The van der Waals surface area contributed by atoms with Crippen LogP contribution in [0.5, 0.6) is 5.75 Å². The molecule has 0 saturated heterocycles. The number of aromatic amines is 1. The zero-order valence-corrected chi connectivity index (χ0v) is 15.3. The molecule has 0 amide bonds. The van der Waals surface area contributed by atoms with Crippen LogP contribution in [0.3, 0.4) is 0 Å². The molecule has 0 bridgehead atoms. The molecule has 0 aliphatic heterocycles. The van der Waals surface area contributed by atoms with E-state index in [0.29, 0.717) is 10.8 Å². The largest absolute Gasteiger partial charge is 2.00 e. The van der Waals surface area contributed by atoms with E-state index in [9.17, 15) is 4.79 Å². The summed E-state index contributed by atoms with van der Waals surface area (Å²) in [6.45, 7) is 0. The number of aromatic nitrogens is 2. The van der Waals surface area contributed by atoms with Crippen molar-refractivity contribution in [2.24, 2.45) is 0 Å². The Balaban J connectivity index is 0.00000192. The summed E-state index contributed by atoms with van der Waals surface area (Å²) in [5, 5.41) is 7.59. The molecule has 0 radical (unpaired) electrons. The van der Waals surface area contributed by atoms with Crippen molar-refractivity contribution in [3.05, 3.63) is 71.4 Å². The van der Waals surface area contributed by atoms with Crippen LogP contribution in [-0.2, 0) is 11.2 Å². The molecule has 0 aliphatic carbocycles. The second kappa shape index (κ2) is 8.50. The van der Waals surface area contributed by atoms with Crippen LogP contribution in [0.15, 0.2) is 60.8 Å². The molecule has 0 saturated carbocycles. The predicted octanol–water partition coefficient (Wildman–Crippen LogP) is 3.72. The maximum atomic E-state index is 12.0. The first-order valence-corrected chi connectivity index (χ1v) is 7.14. The van der Waals surface area contributed by atoms with Crippen LogP contribution in [0.2, 0.25) is 5.02 Å². The molecule has 1 heterocycles. The summed E-state index contributed by atoms with van der Waals surface area (Å²) in [6, 6.07) is 16.3. The Kier molecular flexibility index (Phi) is 6.66. The molecule has 23 heavy (non-hydrogen) atoms. The Bertz CT molecular complexity index is 783. The van der Waals surface area contributed by atoms with Crippen molar-refractivity contribution in [1.82, 2.24) is 10.2 Å². The summed E-state index contributed by atoms with van der Waals surface area (Å²) < 4.78 is 5.30. The second-order valence-electron chi connectivity index (χ2n) is 4.74. The first-order valence-electron chi connectivity index (χ1n) is 6.76. The van der Waals surface area contributed by atoms with E-state index in [4.69, 9.17) is 16.3 Å². The van der Waals surface area contributed by atoms with Gasteiger partial charge in [-0.1, -0.05) is 41.9 Å². The van der Waals surface area contributed by atoms with Gasteiger partial charge in [-0.3, -0.25) is 9.89 Å². The fraction of sp³-hybridized carbons (Fsp3) is 0.0588. The van der Waals surface area contributed by atoms with Crippen molar-refractivity contribution in [2.45, 2.75) is 6.42 Å². The summed E-state index contributed by atoms with van der Waals surface area (Å²) in [6.07, 6.45) is 1.78. The molecule has 0 spiro atoms. The van der Waals surface area contributed by atoms with Gasteiger partial charge in [0.2, 0.25) is 0 Å². The third-order valence-electron chi connectivity index (χ3n) is 3.16. The summed E-state index contributed by atoms with van der Waals surface area (Å²) in [7, 11) is 0. The fourth-order valence-electron chi connectivity index (χ4n) is 2.12. The molecule has 0 unspecified atom stereocenters. The molecule has 4 nitrogen and oxygen atoms in total. The van der Waals surface area contributed by atoms with Crippen LogP contribution in [0, 0.1) is 0 Å². The number of rotatable bonds is 4. The monoisotopic (exact) mass is 354 g/mol. The van der Waals surface area contributed by atoms with Gasteiger partial charge in [-0.15, -0.1) is 0 Å². The minimum absolute atomic E-state index is 0. The average Bonchev–Trinajstić information content (AvgIpc) is 2.97. The number of nitrogens with zero attached hydrogens (tertiary/aromatic N) is 1. The van der Waals surface area contributed by atoms with Crippen molar-refractivity contribution < 1.29 is 12.4 Å². The van der Waals surface area contributed by atoms with Gasteiger partial charge in [0.1, 0.15) is 5.75 Å². The minimum atomic E-state index is -0.331. The number of H-pyrrole nitrogens is 1. The Morgan fingerprint density at radius 3 is 2.52 bits per heavy atom. The molecule has 6 heteroatoms. The summed E-state index contributed by atoms with van der Waals surface area (Å²) in [5.74, 6) is 0.201. The fourth-order valence-corrected chi connectivity index (χ4v) is 2.25. The van der Waals surface area contributed by atoms with E-state index < -0.39 is 0 Å². The molecule has 1 N–H and O–H groups in total. The van der Waals surface area contributed by atoms with E-state index in [1.54, 1.807) is 30.5 Å². The Labute approximate surface area is 171 Å². The van der Waals surface area contributed by atoms with Crippen molar-refractivity contribution in [2.75, 3.05) is 0 Å². The maximum absolute atomic E-state index is 12.0. The molecule has 0 atom stereocenters. The van der Waals surface area contributed by atoms with Crippen LogP contribution >= 0.6 is 11.6 Å². The van der Waals surface area contributed by atoms with E-state index in [1.165, 1.54) is 0 Å². The molecular weight excluding hydrogens is 340 g/mol. The van der Waals surface area contributed by atoms with Gasteiger partial charge in [-0.25, -0.2) is 0 Å². The zero-order valence-electron chi connectivity index (χ0n) is 14.3. The van der Waals surface area contributed by atoms with Gasteiger partial charge in [0, 0.05) is 10.6 Å². The number of carbonyl (C=O) groups excluding carboxylic acids is 1. The van der Waals surface area contributed by atoms with Gasteiger partial charge in [-0.2, -0.15) is 5.10 Å². The molecule has 1 aromatic heterocycles. The smallest absolute Gasteiger partial charge is 1.00 e. The van der Waals surface area contributed by atoms with Crippen molar-refractivity contribution >= 4 is 55.3 Å². The summed E-state index contributed by atoms with van der Waals surface area (Å²) in [5.41, 5.74) is 2.49. The minimum Gasteiger partial charge on any atom is -1.00 e. The molecule has 3 aromatic rings. The standard InChI is InChI=1S/C17H13ClN2O2.Ca.2H/c18-14-8-6-12(7-9-14)17-13(11-19-20-17)10-16(21)22-15-4-2-1-3-5-15;;;/h1-9,11H,10H2,(H,19,20);;;/q;+2;2*-1. The number of para-hydroxylation sites is 1. The second-order valence-corrected chi connectivity index (χ2v) is 5.18. The maximum Gasteiger partial charge on any atom is 2.00 e. The van der Waals surface area contributed by atoms with Crippen LogP contribution in [0.25, 0.3) is 11.3 Å². The van der Waals surface area contributed by atoms with Crippen molar-refractivity contribution in [3.8, 4) is 17.0 Å². The summed E-state index contributed by atoms with van der Waals surface area (Å²) >= 11 is 5.89. The van der Waals surface area contributed by atoms with Gasteiger partial charge in [0.05, 0.1) is 18.3 Å². The molecule has 114 valence electrons. The van der Waals surface area contributed by atoms with Gasteiger partial charge < -0.3 is 7.59 Å². The van der Waals surface area contributed by atoms with Crippen molar-refractivity contribution in [3.63, 3.8) is 0 Å². The Morgan fingerprint density at radius 2 is 1.83 bits per heavy atom. The molecular formula is C17H15CaClN2O2. The van der Waals surface area contributed by atoms with Crippen LogP contribution < -0.4 is 4.74 Å². The molecule has 3 rings (SSSR count). The SMILES string of the molecule is O=C(Cc1cn[nH]c1-c1ccc(Cl)cc1)Oc1ccccc1.[Ca+2].[H-].[H-]. The van der Waals surface area contributed by atoms with E-state index >= 15 is 0 Å². The van der Waals surface area contributed by atoms with E-state index in [0.717, 1.165) is 16.8 Å². The summed E-state index contributed by atoms with van der Waals surface area (Å²) in [4.78, 5) is 12.0. The number of carbonyl (C=O) groups is 1. The quantitative estimate of drug-likeness (QED) is 0.441. The van der Waals surface area contributed by atoms with Gasteiger partial charge in [0.15, 0.2) is 0 Å². The average molecular weight is 355 g/mol. The van der Waals surface area contributed by atoms with Crippen LogP contribution in [0.1, 0.15) is 8.42 Å². The molecule has 2 aromatic carbocycles. The van der Waals surface area contributed by atoms with Gasteiger partial charge >= 0.3 is 43.7 Å². The topological polar surface area (TPSA) is 55.0 Å². The van der Waals surface area contributed by atoms with Gasteiger partial charge in [-0.05, 0) is 29.8 Å². The van der Waals surface area contributed by atoms with E-state index in [-0.39, 0.29) is 53.0 Å². The third-order valence-corrected chi connectivity index (χ3v) is 3.41. The Morgan fingerprint density at radius 1 is 1.13 bits per heavy atom. The van der Waals surface area contributed by atoms with Crippen LogP contribution in [0.4, 0.5) is 0 Å². The number of hydrogen-bond acceptors (Lipinski definition) is 3. The van der Waals surface area contributed by atoms with E-state index in [2.05, 4.69) is 10.2 Å². The first kappa shape index (κ1) is 18.0. The number of benzene rings is 2. The number of halogens is 1. The van der Waals surface area contributed by atoms with Crippen molar-refractivity contribution in [1.29, 1.82) is 0 Å². The predicted molar refractivity (Wildman–Crippen MR) is 92.8 cm³/mol. The number of nitrogens with one attached hydrogen (secondary N) is 1. The first-order chi connectivity index (χ1) is 10.7. The van der Waals surface area contributed by atoms with E-state index in [1.807, 2.05) is 30.3 Å². The Hall–Kier alpha value is -1.33. The number of ether oxygens (including phenoxy) is 1.